The molecular formula is C21H20Cl2N4O3. The van der Waals surface area contributed by atoms with E-state index in [-0.39, 0.29) is 17.6 Å². The van der Waals surface area contributed by atoms with Crippen LogP contribution in [0.4, 0.5) is 11.8 Å². The molecule has 0 radical (unpaired) electrons. The maximum absolute atomic E-state index is 12.4. The summed E-state index contributed by atoms with van der Waals surface area (Å²) in [6.07, 6.45) is 0. The molecule has 0 spiro atoms. The monoisotopic (exact) mass is 446 g/mol. The van der Waals surface area contributed by atoms with Crippen molar-refractivity contribution in [2.24, 2.45) is 0 Å². The highest BCUT2D eigenvalue weighted by atomic mass is 35.5. The Labute approximate surface area is 184 Å². The van der Waals surface area contributed by atoms with Crippen LogP contribution in [0.2, 0.25) is 10.0 Å². The zero-order valence-corrected chi connectivity index (χ0v) is 18.1. The molecule has 3 rings (SSSR count). The topological polar surface area (TPSA) is 93.2 Å². The van der Waals surface area contributed by atoms with Crippen molar-refractivity contribution >= 4 is 46.8 Å². The van der Waals surface area contributed by atoms with Gasteiger partial charge in [0.05, 0.1) is 7.11 Å². The highest BCUT2D eigenvalue weighted by Gasteiger charge is 2.13. The lowest BCUT2D eigenvalue weighted by Crippen LogP contribution is -2.17. The summed E-state index contributed by atoms with van der Waals surface area (Å²) in [5.41, 5.74) is 0.774. The molecule has 7 nitrogen and oxygen atoms in total. The van der Waals surface area contributed by atoms with Gasteiger partial charge in [-0.2, -0.15) is 9.97 Å². The number of rotatable bonds is 5. The third-order valence-corrected chi connectivity index (χ3v) is 4.10. The molecule has 0 saturated heterocycles. The molecule has 0 saturated carbocycles. The number of benzene rings is 2. The average molecular weight is 447 g/mol. The minimum Gasteiger partial charge on any atom is -0.481 e. The van der Waals surface area contributed by atoms with Gasteiger partial charge in [-0.25, -0.2) is 0 Å². The molecule has 30 heavy (non-hydrogen) atoms. The summed E-state index contributed by atoms with van der Waals surface area (Å²) in [5, 5.41) is 6.23. The molecule has 0 fully saturated rings. The minimum atomic E-state index is -0.431. The van der Waals surface area contributed by atoms with E-state index < -0.39 is 11.8 Å². The van der Waals surface area contributed by atoms with Crippen molar-refractivity contribution in [1.29, 1.82) is 0 Å². The van der Waals surface area contributed by atoms with Crippen LogP contribution in [0, 0.1) is 0 Å². The van der Waals surface area contributed by atoms with Crippen molar-refractivity contribution in [1.82, 2.24) is 9.97 Å². The lowest BCUT2D eigenvalue weighted by atomic mass is 10.2. The van der Waals surface area contributed by atoms with Crippen molar-refractivity contribution in [2.75, 3.05) is 17.7 Å². The Hall–Kier alpha value is -3.16. The number of anilines is 2. The van der Waals surface area contributed by atoms with E-state index in [0.29, 0.717) is 21.2 Å². The van der Waals surface area contributed by atoms with Crippen molar-refractivity contribution in [3.63, 3.8) is 0 Å². The molecular weight excluding hydrogens is 427 g/mol. The molecule has 156 valence electrons. The molecule has 0 atom stereocenters. The first-order chi connectivity index (χ1) is 14.4. The average Bonchev–Trinajstić information content (AvgIpc) is 2.75. The largest absolute Gasteiger partial charge is 0.481 e. The molecule has 9 heteroatoms. The van der Waals surface area contributed by atoms with Gasteiger partial charge < -0.3 is 10.1 Å². The van der Waals surface area contributed by atoms with Crippen molar-refractivity contribution in [3.8, 4) is 5.88 Å². The molecule has 1 heterocycles. The Bertz CT molecular complexity index is 932. The van der Waals surface area contributed by atoms with E-state index >= 15 is 0 Å². The summed E-state index contributed by atoms with van der Waals surface area (Å²) in [6.45, 7) is 4.00. The van der Waals surface area contributed by atoms with Crippen LogP contribution in [0.1, 0.15) is 34.6 Å². The molecule has 2 N–H and O–H groups in total. The Morgan fingerprint density at radius 3 is 1.73 bits per heavy atom. The number of nitrogens with one attached hydrogen (secondary N) is 2. The second-order valence-electron chi connectivity index (χ2n) is 5.54. The van der Waals surface area contributed by atoms with Crippen molar-refractivity contribution < 1.29 is 14.3 Å². The first kappa shape index (κ1) is 23.1. The number of hydrogen-bond acceptors (Lipinski definition) is 5. The van der Waals surface area contributed by atoms with E-state index in [1.165, 1.54) is 13.2 Å². The summed E-state index contributed by atoms with van der Waals surface area (Å²) in [6, 6.07) is 14.2. The third-order valence-electron chi connectivity index (χ3n) is 3.59. The summed E-state index contributed by atoms with van der Waals surface area (Å²) in [4.78, 5) is 32.9. The summed E-state index contributed by atoms with van der Waals surface area (Å²) < 4.78 is 5.11. The number of nitrogens with zero attached hydrogens (tertiary/aromatic N) is 2. The van der Waals surface area contributed by atoms with Gasteiger partial charge in [-0.15, -0.1) is 0 Å². The van der Waals surface area contributed by atoms with E-state index in [0.717, 1.165) is 0 Å². The third kappa shape index (κ3) is 6.43. The smallest absolute Gasteiger partial charge is 0.258 e. The van der Waals surface area contributed by atoms with Crippen LogP contribution < -0.4 is 15.4 Å². The van der Waals surface area contributed by atoms with Gasteiger partial charge in [0.25, 0.3) is 11.8 Å². The number of carbonyl (C=O) groups excluding carboxylic acids is 2. The molecule has 0 aliphatic heterocycles. The van der Waals surface area contributed by atoms with E-state index in [9.17, 15) is 9.59 Å². The number of hydrogen-bond donors (Lipinski definition) is 2. The van der Waals surface area contributed by atoms with Crippen molar-refractivity contribution in [3.05, 3.63) is 75.8 Å². The maximum Gasteiger partial charge on any atom is 0.258 e. The van der Waals surface area contributed by atoms with E-state index in [2.05, 4.69) is 20.6 Å². The lowest BCUT2D eigenvalue weighted by molar-refractivity contribution is 0.101. The fourth-order valence-corrected chi connectivity index (χ4v) is 2.47. The molecule has 3 aromatic rings. The van der Waals surface area contributed by atoms with E-state index in [1.807, 2.05) is 13.8 Å². The molecule has 1 aromatic heterocycles. The van der Waals surface area contributed by atoms with Gasteiger partial charge in [0.1, 0.15) is 5.82 Å². The Morgan fingerprint density at radius 2 is 1.27 bits per heavy atom. The van der Waals surface area contributed by atoms with Gasteiger partial charge in [0, 0.05) is 27.2 Å². The van der Waals surface area contributed by atoms with Gasteiger partial charge in [-0.3, -0.25) is 14.9 Å². The van der Waals surface area contributed by atoms with Crippen LogP contribution in [0.25, 0.3) is 0 Å². The van der Waals surface area contributed by atoms with E-state index in [4.69, 9.17) is 27.9 Å². The summed E-state index contributed by atoms with van der Waals surface area (Å²) in [7, 11) is 1.41. The SMILES string of the molecule is CC.COc1cc(NC(=O)c2ccc(Cl)cc2)nc(NC(=O)c2ccc(Cl)cc2)n1. The van der Waals surface area contributed by atoms with Crippen LogP contribution in [0.15, 0.2) is 54.6 Å². The number of carbonyl (C=O) groups is 2. The molecule has 2 aromatic carbocycles. The molecule has 0 aliphatic rings. The first-order valence-electron chi connectivity index (χ1n) is 9.01. The molecule has 0 aliphatic carbocycles. The fraction of sp³-hybridized carbons (Fsp3) is 0.143. The van der Waals surface area contributed by atoms with Gasteiger partial charge in [0.15, 0.2) is 0 Å². The van der Waals surface area contributed by atoms with Crippen LogP contribution in [-0.2, 0) is 0 Å². The second-order valence-corrected chi connectivity index (χ2v) is 6.41. The Balaban J connectivity index is 0.00000155. The molecule has 0 unspecified atom stereocenters. The summed E-state index contributed by atoms with van der Waals surface area (Å²) >= 11 is 11.7. The number of amides is 2. The Kier molecular flexibility index (Phi) is 8.58. The predicted octanol–water partition coefficient (Wildman–Crippen LogP) is 5.32. The van der Waals surface area contributed by atoms with Gasteiger partial charge in [-0.1, -0.05) is 37.0 Å². The van der Waals surface area contributed by atoms with E-state index in [1.54, 1.807) is 48.5 Å². The lowest BCUT2D eigenvalue weighted by Gasteiger charge is -2.10. The van der Waals surface area contributed by atoms with Crippen LogP contribution >= 0.6 is 23.2 Å². The second kappa shape index (κ2) is 11.1. The van der Waals surface area contributed by atoms with Gasteiger partial charge >= 0.3 is 0 Å². The summed E-state index contributed by atoms with van der Waals surface area (Å²) in [5.74, 6) is -0.510. The van der Waals surface area contributed by atoms with Gasteiger partial charge in [-0.05, 0) is 48.5 Å². The van der Waals surface area contributed by atoms with Gasteiger partial charge in [0.2, 0.25) is 11.8 Å². The van der Waals surface area contributed by atoms with Crippen LogP contribution in [0.5, 0.6) is 5.88 Å². The fourth-order valence-electron chi connectivity index (χ4n) is 2.21. The number of halogens is 2. The highest BCUT2D eigenvalue weighted by molar-refractivity contribution is 6.31. The highest BCUT2D eigenvalue weighted by Crippen LogP contribution is 2.18. The van der Waals surface area contributed by atoms with Crippen molar-refractivity contribution in [2.45, 2.75) is 13.8 Å². The predicted molar refractivity (Wildman–Crippen MR) is 119 cm³/mol. The number of methoxy groups -OCH3 is 1. The zero-order valence-electron chi connectivity index (χ0n) is 16.6. The minimum absolute atomic E-state index is 0.0225. The first-order valence-corrected chi connectivity index (χ1v) is 9.77. The zero-order chi connectivity index (χ0) is 22.1. The standard InChI is InChI=1S/C19H14Cl2N4O3.C2H6/c1-28-16-10-15(22-17(26)11-2-6-13(20)7-3-11)23-19(24-16)25-18(27)12-4-8-14(21)9-5-12;1-2/h2-10H,1H3,(H2,22,23,24,25,26,27);1-2H3. The van der Waals surface area contributed by atoms with Crippen LogP contribution in [0.3, 0.4) is 0 Å². The normalized spacial score (nSPS) is 9.77. The Morgan fingerprint density at radius 1 is 0.800 bits per heavy atom. The molecule has 0 bridgehead atoms. The number of aromatic nitrogens is 2. The molecule has 2 amide bonds. The van der Waals surface area contributed by atoms with Crippen LogP contribution in [-0.4, -0.2) is 28.9 Å². The quantitative estimate of drug-likeness (QED) is 0.552. The number of ether oxygens (including phenoxy) is 1. The maximum atomic E-state index is 12.4.